The number of para-hydroxylation sites is 1. The fourth-order valence-corrected chi connectivity index (χ4v) is 2.88. The number of rotatable bonds is 3. The van der Waals surface area contributed by atoms with Gasteiger partial charge in [0.2, 0.25) is 11.0 Å². The number of phenolic OH excluding ortho intramolecular Hbond substituents is 1. The van der Waals surface area contributed by atoms with Gasteiger partial charge < -0.3 is 31.5 Å². The number of benzene rings is 3. The topological polar surface area (TPSA) is 56.6 Å². The van der Waals surface area contributed by atoms with Crippen molar-refractivity contribution in [2.24, 2.45) is 0 Å². The van der Waals surface area contributed by atoms with Gasteiger partial charge in [-0.15, -0.1) is 0 Å². The maximum absolute atomic E-state index is 9.75. The molecule has 1 aromatic heterocycles. The van der Waals surface area contributed by atoms with Crippen LogP contribution in [0, 0.1) is 0 Å². The van der Waals surface area contributed by atoms with Crippen LogP contribution in [0.4, 0.5) is 23.0 Å². The first-order valence-corrected chi connectivity index (χ1v) is 9.16. The average Bonchev–Trinajstić information content (AvgIpc) is 2.72. The van der Waals surface area contributed by atoms with Crippen LogP contribution in [0.1, 0.15) is 0 Å². The molecule has 31 heavy (non-hydrogen) atoms. The third-order valence-corrected chi connectivity index (χ3v) is 4.17. The summed E-state index contributed by atoms with van der Waals surface area (Å²) in [6.07, 6.45) is 0. The van der Waals surface area contributed by atoms with Crippen LogP contribution in [0.25, 0.3) is 22.3 Å². The molecule has 0 atom stereocenters. The van der Waals surface area contributed by atoms with E-state index in [4.69, 9.17) is 9.15 Å². The van der Waals surface area contributed by atoms with Crippen molar-refractivity contribution in [3.63, 3.8) is 0 Å². The smallest absolute Gasteiger partial charge is 0.508 e. The van der Waals surface area contributed by atoms with Gasteiger partial charge in [-0.25, -0.2) is 4.99 Å². The van der Waals surface area contributed by atoms with E-state index in [-0.39, 0.29) is 5.75 Å². The Labute approximate surface area is 175 Å². The highest BCUT2D eigenvalue weighted by atomic mass is 19.5. The van der Waals surface area contributed by atoms with Crippen LogP contribution in [-0.2, 0) is 0 Å². The summed E-state index contributed by atoms with van der Waals surface area (Å²) in [4.78, 5) is 3.38. The van der Waals surface area contributed by atoms with Crippen molar-refractivity contribution in [1.29, 1.82) is 0 Å². The van der Waals surface area contributed by atoms with E-state index in [9.17, 15) is 22.4 Å². The van der Waals surface area contributed by atoms with Gasteiger partial charge in [-0.2, -0.15) is 0 Å². The number of phenols is 1. The molecule has 0 unspecified atom stereocenters. The number of hydrogen-bond acceptors (Lipinski definition) is 3. The van der Waals surface area contributed by atoms with Crippen LogP contribution in [0.3, 0.4) is 0 Å². The minimum atomic E-state index is -6.00. The molecule has 0 amide bonds. The van der Waals surface area contributed by atoms with Crippen LogP contribution in [0.2, 0.25) is 0 Å². The van der Waals surface area contributed by atoms with Crippen LogP contribution >= 0.6 is 0 Å². The van der Waals surface area contributed by atoms with E-state index in [0.29, 0.717) is 0 Å². The summed E-state index contributed by atoms with van der Waals surface area (Å²) in [5.74, 6) is 1.76. The van der Waals surface area contributed by atoms with Gasteiger partial charge >= 0.3 is 7.25 Å². The lowest BCUT2D eigenvalue weighted by Gasteiger charge is -2.04. The van der Waals surface area contributed by atoms with Crippen molar-refractivity contribution < 1.29 is 36.5 Å². The first kappa shape index (κ1) is 22.0. The first-order chi connectivity index (χ1) is 14.7. The molecule has 0 radical (unpaired) electrons. The average molecular weight is 431 g/mol. The second-order valence-electron chi connectivity index (χ2n) is 6.42. The Morgan fingerprint density at radius 2 is 1.55 bits per heavy atom. The molecule has 0 bridgehead atoms. The normalized spacial score (nSPS) is 11.7. The summed E-state index contributed by atoms with van der Waals surface area (Å²) < 4.78 is 50.3. The van der Waals surface area contributed by atoms with E-state index in [1.54, 1.807) is 25.3 Å². The Morgan fingerprint density at radius 3 is 2.19 bits per heavy atom. The van der Waals surface area contributed by atoms with Gasteiger partial charge in [-0.05, 0) is 42.5 Å². The van der Waals surface area contributed by atoms with E-state index < -0.39 is 7.25 Å². The number of fused-ring (bicyclic) bond motifs is 1. The van der Waals surface area contributed by atoms with Crippen LogP contribution in [0.15, 0.2) is 83.3 Å². The van der Waals surface area contributed by atoms with E-state index in [2.05, 4.69) is 4.99 Å². The Balaban J connectivity index is 0.000000491. The number of hydrogen-bond donors (Lipinski definition) is 2. The molecule has 0 spiro atoms. The van der Waals surface area contributed by atoms with Crippen molar-refractivity contribution in [3.8, 4) is 22.8 Å². The molecular weight excluding hydrogens is 413 g/mol. The molecule has 0 aliphatic carbocycles. The predicted molar refractivity (Wildman–Crippen MR) is 110 cm³/mol. The van der Waals surface area contributed by atoms with Crippen LogP contribution in [-0.4, -0.2) is 19.5 Å². The molecule has 0 saturated carbocycles. The molecule has 0 saturated heterocycles. The number of ether oxygens (including phenoxy) is 1. The van der Waals surface area contributed by atoms with Crippen molar-refractivity contribution in [1.82, 2.24) is 0 Å². The largest absolute Gasteiger partial charge is 0.673 e. The molecule has 160 valence electrons. The Bertz CT molecular complexity index is 1230. The monoisotopic (exact) mass is 431 g/mol. The zero-order valence-electron chi connectivity index (χ0n) is 16.4. The Hall–Kier alpha value is -3.75. The molecule has 4 nitrogen and oxygen atoms in total. The standard InChI is InChI=1S/C22H17NO3.BF4/c1-25-18-11-9-15(10-12-18)22-14-20(19-7-2-3-8-21(19)26-22)23-16-5-4-6-17(24)13-16;2-1(3,4)5/h2-14,24H,1H3;/q;-1/p+1. The van der Waals surface area contributed by atoms with Gasteiger partial charge in [-0.3, -0.25) is 0 Å². The van der Waals surface area contributed by atoms with Crippen molar-refractivity contribution in [2.45, 2.75) is 0 Å². The SMILES string of the molecule is COc1ccc(-c2cc(=[NH+]c3cccc(O)c3)c3ccccc3o2)cc1.F[B-](F)(F)F. The first-order valence-electron chi connectivity index (χ1n) is 9.16. The second-order valence-corrected chi connectivity index (χ2v) is 6.42. The molecule has 0 aliphatic heterocycles. The highest BCUT2D eigenvalue weighted by Crippen LogP contribution is 2.24. The maximum atomic E-state index is 9.75. The minimum absolute atomic E-state index is 0.218. The van der Waals surface area contributed by atoms with Gasteiger partial charge in [0.25, 0.3) is 0 Å². The highest BCUT2D eigenvalue weighted by molar-refractivity contribution is 6.50. The molecule has 2 N–H and O–H groups in total. The highest BCUT2D eigenvalue weighted by Gasteiger charge is 2.20. The lowest BCUT2D eigenvalue weighted by Crippen LogP contribution is -2.70. The molecule has 0 aliphatic rings. The third-order valence-electron chi connectivity index (χ3n) is 4.17. The molecule has 9 heteroatoms. The summed E-state index contributed by atoms with van der Waals surface area (Å²) in [5.41, 5.74) is 2.54. The fourth-order valence-electron chi connectivity index (χ4n) is 2.88. The zero-order valence-corrected chi connectivity index (χ0v) is 16.4. The van der Waals surface area contributed by atoms with Crippen LogP contribution in [0.5, 0.6) is 11.5 Å². The minimum Gasteiger partial charge on any atom is -0.508 e. The zero-order chi connectivity index (χ0) is 22.4. The molecule has 1 heterocycles. The number of nitrogens with one attached hydrogen (secondary N) is 1. The van der Waals surface area contributed by atoms with E-state index >= 15 is 0 Å². The maximum Gasteiger partial charge on any atom is 0.673 e. The Kier molecular flexibility index (Phi) is 6.64. The molecule has 4 aromatic rings. The van der Waals surface area contributed by atoms with Crippen molar-refractivity contribution in [2.75, 3.05) is 7.11 Å². The summed E-state index contributed by atoms with van der Waals surface area (Å²) in [7, 11) is -4.35. The third kappa shape index (κ3) is 6.37. The van der Waals surface area contributed by atoms with Crippen molar-refractivity contribution >= 4 is 23.9 Å². The van der Waals surface area contributed by atoms with Gasteiger partial charge in [0.1, 0.15) is 22.8 Å². The van der Waals surface area contributed by atoms with Gasteiger partial charge in [0.05, 0.1) is 24.6 Å². The van der Waals surface area contributed by atoms with E-state index in [1.165, 1.54) is 0 Å². The summed E-state index contributed by atoms with van der Waals surface area (Å²) in [5, 5.41) is 11.6. The predicted octanol–water partition coefficient (Wildman–Crippen LogP) is 4.43. The lowest BCUT2D eigenvalue weighted by atomic mass is 10.1. The van der Waals surface area contributed by atoms with Gasteiger partial charge in [0, 0.05) is 11.6 Å². The van der Waals surface area contributed by atoms with Gasteiger partial charge in [-0.1, -0.05) is 18.2 Å². The molecule has 3 aromatic carbocycles. The Morgan fingerprint density at radius 1 is 0.871 bits per heavy atom. The van der Waals surface area contributed by atoms with Gasteiger partial charge in [0.15, 0.2) is 0 Å². The quantitative estimate of drug-likeness (QED) is 0.373. The second kappa shape index (κ2) is 9.38. The summed E-state index contributed by atoms with van der Waals surface area (Å²) >= 11 is 0. The number of halogens is 4. The summed E-state index contributed by atoms with van der Waals surface area (Å²) in [6.45, 7) is 0. The molecule has 4 rings (SSSR count). The summed E-state index contributed by atoms with van der Waals surface area (Å²) in [6, 6.07) is 24.6. The lowest BCUT2D eigenvalue weighted by molar-refractivity contribution is -0.401. The van der Waals surface area contributed by atoms with Crippen molar-refractivity contribution in [3.05, 3.63) is 84.2 Å². The number of aromatic hydroxyl groups is 1. The van der Waals surface area contributed by atoms with E-state index in [0.717, 1.165) is 39.1 Å². The number of methoxy groups -OCH3 is 1. The fraction of sp³-hybridized carbons (Fsp3) is 0.0455. The molecular formula is C22H18BF4NO3. The molecule has 0 fully saturated rings. The van der Waals surface area contributed by atoms with E-state index in [1.807, 2.05) is 60.7 Å². The van der Waals surface area contributed by atoms with Crippen LogP contribution < -0.4 is 15.1 Å².